The summed E-state index contributed by atoms with van der Waals surface area (Å²) in [5.41, 5.74) is 16.8. The summed E-state index contributed by atoms with van der Waals surface area (Å²) in [6.45, 7) is 6.36. The normalized spacial score (nSPS) is 22.4. The van der Waals surface area contributed by atoms with E-state index >= 15 is 0 Å². The highest BCUT2D eigenvalue weighted by atomic mass is 15.1. The Hall–Kier alpha value is -6.38. The molecule has 0 aliphatic heterocycles. The number of rotatable bonds is 7. The van der Waals surface area contributed by atoms with Gasteiger partial charge in [0, 0.05) is 38.8 Å². The van der Waals surface area contributed by atoms with Crippen LogP contribution in [0.5, 0.6) is 0 Å². The van der Waals surface area contributed by atoms with Crippen LogP contribution in [0.3, 0.4) is 0 Å². The largest absolute Gasteiger partial charge is 0.310 e. The van der Waals surface area contributed by atoms with Gasteiger partial charge in [0.2, 0.25) is 0 Å². The average molecular weight is 761 g/mol. The molecule has 59 heavy (non-hydrogen) atoms. The number of hydrogen-bond acceptors (Lipinski definition) is 1. The summed E-state index contributed by atoms with van der Waals surface area (Å²) in [4.78, 5) is 2.44. The second-order valence-corrected chi connectivity index (χ2v) is 17.7. The van der Waals surface area contributed by atoms with Gasteiger partial charge in [-0.1, -0.05) is 128 Å². The van der Waals surface area contributed by atoms with Gasteiger partial charge in [-0.3, -0.25) is 0 Å². The Labute approximate surface area is 347 Å². The zero-order chi connectivity index (χ0) is 39.2. The molecular formula is C57H48N2. The molecule has 0 N–H and O–H groups in total. The van der Waals surface area contributed by atoms with Crippen LogP contribution in [0, 0.1) is 23.7 Å². The Balaban J connectivity index is 0.993. The van der Waals surface area contributed by atoms with E-state index in [1.54, 1.807) is 11.1 Å². The van der Waals surface area contributed by atoms with Crippen LogP contribution in [0.4, 0.5) is 17.1 Å². The number of para-hydroxylation sites is 1. The van der Waals surface area contributed by atoms with Gasteiger partial charge in [0.25, 0.3) is 0 Å². The highest BCUT2D eigenvalue weighted by Gasteiger charge is 2.61. The van der Waals surface area contributed by atoms with E-state index in [1.165, 1.54) is 76.1 Å². The Bertz CT molecular complexity index is 2950. The van der Waals surface area contributed by atoms with Gasteiger partial charge >= 0.3 is 0 Å². The molecule has 2 nitrogen and oxygen atoms in total. The topological polar surface area (TPSA) is 8.17 Å². The van der Waals surface area contributed by atoms with Crippen LogP contribution in [0.15, 0.2) is 170 Å². The summed E-state index contributed by atoms with van der Waals surface area (Å²) >= 11 is 0. The second kappa shape index (κ2) is 13.3. The molecule has 5 aliphatic rings. The number of aromatic nitrogens is 1. The lowest BCUT2D eigenvalue weighted by atomic mass is 9.43. The van der Waals surface area contributed by atoms with Gasteiger partial charge in [-0.25, -0.2) is 0 Å². The summed E-state index contributed by atoms with van der Waals surface area (Å²) in [6, 6.07) is 59.2. The number of fused-ring (bicyclic) bond motifs is 5. The van der Waals surface area contributed by atoms with Gasteiger partial charge in [0.15, 0.2) is 0 Å². The molecule has 0 saturated heterocycles. The van der Waals surface area contributed by atoms with E-state index in [0.717, 1.165) is 57.6 Å². The fourth-order valence-corrected chi connectivity index (χ4v) is 12.8. The van der Waals surface area contributed by atoms with E-state index in [-0.39, 0.29) is 5.41 Å². The summed E-state index contributed by atoms with van der Waals surface area (Å²) in [5, 5.41) is 3.64. The molecule has 286 valence electrons. The van der Waals surface area contributed by atoms with Crippen molar-refractivity contribution in [1.82, 2.24) is 4.57 Å². The maximum Gasteiger partial charge on any atom is 0.0561 e. The Morgan fingerprint density at radius 2 is 1.27 bits per heavy atom. The molecule has 2 heteroatoms. The zero-order valence-corrected chi connectivity index (χ0v) is 33.7. The van der Waals surface area contributed by atoms with Crippen molar-refractivity contribution in [1.29, 1.82) is 0 Å². The minimum Gasteiger partial charge on any atom is -0.310 e. The Kier molecular flexibility index (Phi) is 7.83. The van der Waals surface area contributed by atoms with Crippen LogP contribution in [0.25, 0.3) is 61.8 Å². The molecule has 5 aliphatic carbocycles. The first-order valence-corrected chi connectivity index (χ1v) is 21.8. The minimum absolute atomic E-state index is 0.197. The van der Waals surface area contributed by atoms with Crippen molar-refractivity contribution in [2.75, 3.05) is 4.90 Å². The van der Waals surface area contributed by atoms with Crippen LogP contribution >= 0.6 is 0 Å². The van der Waals surface area contributed by atoms with Gasteiger partial charge in [0.05, 0.1) is 16.9 Å². The third kappa shape index (κ3) is 5.05. The summed E-state index contributed by atoms with van der Waals surface area (Å²) in [6.07, 6.45) is 13.4. The lowest BCUT2D eigenvalue weighted by Gasteiger charge is -2.61. The highest BCUT2D eigenvalue weighted by Crippen LogP contribution is 2.69. The van der Waals surface area contributed by atoms with Crippen molar-refractivity contribution in [2.24, 2.45) is 23.7 Å². The fourth-order valence-electron chi connectivity index (χ4n) is 12.8. The highest BCUT2D eigenvalue weighted by molar-refractivity contribution is 6.02. The first kappa shape index (κ1) is 34.6. The Morgan fingerprint density at radius 3 is 2.05 bits per heavy atom. The standard InChI is InChI=1S/C57H48N2/c1-3-13-49-50-28-27-46(36-56(50)59(54(49)4-2)44-16-6-5-7-17-44)58(55-21-12-15-40-14-8-9-18-47(40)55)45-25-22-39(23-26-45)41-24-29-53-51(35-41)48-19-10-11-20-52(48)57(53)42-31-37-30-38(33-42)34-43(57)32-37/h3-29,35-38,42-43H,2,30-34H2,1H3/b13-3-. The molecule has 4 fully saturated rings. The molecule has 4 saturated carbocycles. The predicted octanol–water partition coefficient (Wildman–Crippen LogP) is 15.3. The van der Waals surface area contributed by atoms with Crippen LogP contribution < -0.4 is 4.90 Å². The SMILES string of the molecule is C=Cc1c(/C=C\C)c2ccc(N(c3ccc(-c4ccc5c(c4)-c4ccccc4C54C5CC6CC(C5)CC4C6)cc3)c3cccc4ccccc34)cc2n1-c1ccccc1. The van der Waals surface area contributed by atoms with Crippen LogP contribution in [-0.4, -0.2) is 4.57 Å². The van der Waals surface area contributed by atoms with E-state index in [9.17, 15) is 0 Å². The molecule has 13 rings (SSSR count). The second-order valence-electron chi connectivity index (χ2n) is 17.7. The summed E-state index contributed by atoms with van der Waals surface area (Å²) in [7, 11) is 0. The van der Waals surface area contributed by atoms with Gasteiger partial charge in [-0.05, 0) is 156 Å². The van der Waals surface area contributed by atoms with Gasteiger partial charge in [0.1, 0.15) is 0 Å². The quantitative estimate of drug-likeness (QED) is 0.157. The third-order valence-electron chi connectivity index (χ3n) is 14.8. The number of anilines is 3. The molecule has 0 atom stereocenters. The van der Waals surface area contributed by atoms with Crippen molar-refractivity contribution in [3.8, 4) is 27.9 Å². The molecule has 1 spiro atoms. The fraction of sp³-hybridized carbons (Fsp3) is 0.193. The number of nitrogens with zero attached hydrogens (tertiary/aromatic N) is 2. The number of hydrogen-bond donors (Lipinski definition) is 0. The maximum atomic E-state index is 4.28. The molecule has 4 bridgehead atoms. The lowest BCUT2D eigenvalue weighted by Crippen LogP contribution is -2.55. The molecule has 7 aromatic carbocycles. The van der Waals surface area contributed by atoms with E-state index in [1.807, 2.05) is 6.08 Å². The van der Waals surface area contributed by atoms with E-state index in [0.29, 0.717) is 0 Å². The summed E-state index contributed by atoms with van der Waals surface area (Å²) in [5.74, 6) is 3.45. The summed E-state index contributed by atoms with van der Waals surface area (Å²) < 4.78 is 2.35. The predicted molar refractivity (Wildman–Crippen MR) is 249 cm³/mol. The average Bonchev–Trinajstić information content (AvgIpc) is 3.75. The van der Waals surface area contributed by atoms with Crippen molar-refractivity contribution in [3.63, 3.8) is 0 Å². The maximum absolute atomic E-state index is 4.28. The van der Waals surface area contributed by atoms with Crippen LogP contribution in [0.2, 0.25) is 0 Å². The molecule has 0 unspecified atom stereocenters. The first-order valence-electron chi connectivity index (χ1n) is 21.8. The first-order chi connectivity index (χ1) is 29.1. The van der Waals surface area contributed by atoms with Crippen molar-refractivity contribution in [3.05, 3.63) is 193 Å². The Morgan fingerprint density at radius 1 is 0.593 bits per heavy atom. The van der Waals surface area contributed by atoms with Crippen molar-refractivity contribution < 1.29 is 0 Å². The lowest BCUT2D eigenvalue weighted by molar-refractivity contribution is -0.0399. The van der Waals surface area contributed by atoms with Gasteiger partial charge in [-0.15, -0.1) is 0 Å². The number of benzene rings is 7. The van der Waals surface area contributed by atoms with Crippen LogP contribution in [0.1, 0.15) is 61.4 Å². The molecule has 0 amide bonds. The number of allylic oxidation sites excluding steroid dienone is 1. The van der Waals surface area contributed by atoms with Gasteiger partial charge < -0.3 is 9.47 Å². The monoisotopic (exact) mass is 760 g/mol. The molecule has 1 aromatic heterocycles. The van der Waals surface area contributed by atoms with E-state index in [2.05, 4.69) is 193 Å². The van der Waals surface area contributed by atoms with Gasteiger partial charge in [-0.2, -0.15) is 0 Å². The molecule has 0 radical (unpaired) electrons. The van der Waals surface area contributed by atoms with Crippen LogP contribution in [-0.2, 0) is 5.41 Å². The van der Waals surface area contributed by atoms with E-state index in [4.69, 9.17) is 0 Å². The molecule has 1 heterocycles. The molecular weight excluding hydrogens is 713 g/mol. The van der Waals surface area contributed by atoms with Crippen molar-refractivity contribution in [2.45, 2.75) is 44.4 Å². The minimum atomic E-state index is 0.197. The molecule has 8 aromatic rings. The third-order valence-corrected chi connectivity index (χ3v) is 14.8. The smallest absolute Gasteiger partial charge is 0.0561 e. The van der Waals surface area contributed by atoms with Crippen molar-refractivity contribution >= 4 is 50.9 Å². The van der Waals surface area contributed by atoms with E-state index < -0.39 is 0 Å². The zero-order valence-electron chi connectivity index (χ0n) is 33.7.